The molecule has 3 nitrogen and oxygen atoms in total. The Morgan fingerprint density at radius 3 is 1.59 bits per heavy atom. The summed E-state index contributed by atoms with van der Waals surface area (Å²) in [4.78, 5) is 14.9. The zero-order valence-corrected chi connectivity index (χ0v) is 26.5. The van der Waals surface area contributed by atoms with E-state index in [1.165, 1.54) is 55.3 Å². The van der Waals surface area contributed by atoms with Gasteiger partial charge in [-0.15, -0.1) is 0 Å². The maximum Gasteiger partial charge on any atom is 0.164 e. The van der Waals surface area contributed by atoms with E-state index < -0.39 is 0 Å². The van der Waals surface area contributed by atoms with E-state index in [2.05, 4.69) is 119 Å². The third-order valence-electron chi connectivity index (χ3n) is 10.3. The largest absolute Gasteiger partial charge is 0.208 e. The fourth-order valence-corrected chi connectivity index (χ4v) is 7.81. The summed E-state index contributed by atoms with van der Waals surface area (Å²) in [7, 11) is 0. The molecule has 0 atom stereocenters. The lowest BCUT2D eigenvalue weighted by Crippen LogP contribution is -2.17. The zero-order chi connectivity index (χ0) is 31.2. The topological polar surface area (TPSA) is 38.7 Å². The molecule has 0 saturated heterocycles. The minimum atomic E-state index is -0.190. The first-order valence-corrected chi connectivity index (χ1v) is 16.0. The quantitative estimate of drug-likeness (QED) is 0.205. The highest BCUT2D eigenvalue weighted by Crippen LogP contribution is 2.57. The van der Waals surface area contributed by atoms with Crippen LogP contribution >= 0.6 is 0 Å². The van der Waals surface area contributed by atoms with E-state index in [0.29, 0.717) is 17.5 Å². The van der Waals surface area contributed by atoms with Crippen LogP contribution in [0.1, 0.15) is 49.9 Å². The van der Waals surface area contributed by atoms with Crippen molar-refractivity contribution in [2.75, 3.05) is 0 Å². The fraction of sp³-hybridized carbons (Fsp3) is 0.140. The van der Waals surface area contributed by atoms with Gasteiger partial charge in [-0.25, -0.2) is 15.0 Å². The van der Waals surface area contributed by atoms with E-state index in [0.717, 1.165) is 16.7 Å². The Bertz CT molecular complexity index is 2290. The molecule has 0 bridgehead atoms. The third-order valence-corrected chi connectivity index (χ3v) is 10.3. The smallest absolute Gasteiger partial charge is 0.164 e. The predicted octanol–water partition coefficient (Wildman–Crippen LogP) is 10.6. The number of hydrogen-bond acceptors (Lipinski definition) is 3. The van der Waals surface area contributed by atoms with Crippen molar-refractivity contribution in [3.63, 3.8) is 0 Å². The Labute approximate surface area is 269 Å². The van der Waals surface area contributed by atoms with Gasteiger partial charge in [0.05, 0.1) is 0 Å². The van der Waals surface area contributed by atoms with Crippen LogP contribution in [0.25, 0.3) is 67.2 Å². The van der Waals surface area contributed by atoms with Crippen LogP contribution in [0.3, 0.4) is 0 Å². The van der Waals surface area contributed by atoms with Gasteiger partial charge in [0.1, 0.15) is 0 Å². The summed E-state index contributed by atoms with van der Waals surface area (Å²) in [5.74, 6) is 2.04. The fourth-order valence-electron chi connectivity index (χ4n) is 7.81. The summed E-state index contributed by atoms with van der Waals surface area (Å²) in [6.45, 7) is 9.46. The van der Waals surface area contributed by atoms with Gasteiger partial charge in [-0.1, -0.05) is 137 Å². The molecule has 0 radical (unpaired) electrons. The molecule has 0 N–H and O–H groups in total. The molecule has 0 unspecified atom stereocenters. The number of nitrogens with zero attached hydrogens (tertiary/aromatic N) is 3. The third kappa shape index (κ3) is 3.81. The lowest BCUT2D eigenvalue weighted by atomic mass is 9.79. The molecule has 2 aliphatic rings. The molecular formula is C43H33N3. The Hall–Kier alpha value is -5.41. The summed E-state index contributed by atoms with van der Waals surface area (Å²) < 4.78 is 0. The Balaban J connectivity index is 1.21. The molecule has 9 rings (SSSR count). The summed E-state index contributed by atoms with van der Waals surface area (Å²) in [6.07, 6.45) is 0. The van der Waals surface area contributed by atoms with Crippen LogP contribution in [0.5, 0.6) is 0 Å². The van der Waals surface area contributed by atoms with Crippen molar-refractivity contribution in [1.29, 1.82) is 0 Å². The summed E-state index contributed by atoms with van der Waals surface area (Å²) in [6, 6.07) is 45.5. The van der Waals surface area contributed by atoms with Crippen molar-refractivity contribution in [2.45, 2.75) is 38.5 Å². The van der Waals surface area contributed by atoms with Gasteiger partial charge in [-0.3, -0.25) is 0 Å². The van der Waals surface area contributed by atoms with Gasteiger partial charge in [0, 0.05) is 27.5 Å². The monoisotopic (exact) mass is 591 g/mol. The van der Waals surface area contributed by atoms with E-state index in [9.17, 15) is 0 Å². The lowest BCUT2D eigenvalue weighted by Gasteiger charge is -2.24. The van der Waals surface area contributed by atoms with Gasteiger partial charge in [0.15, 0.2) is 17.5 Å². The highest BCUT2D eigenvalue weighted by Gasteiger charge is 2.42. The van der Waals surface area contributed by atoms with E-state index in [-0.39, 0.29) is 10.8 Å². The summed E-state index contributed by atoms with van der Waals surface area (Å²) >= 11 is 0. The van der Waals surface area contributed by atoms with Gasteiger partial charge < -0.3 is 0 Å². The van der Waals surface area contributed by atoms with E-state index in [1.54, 1.807) is 0 Å². The van der Waals surface area contributed by atoms with Crippen molar-refractivity contribution in [3.05, 3.63) is 150 Å². The second-order valence-electron chi connectivity index (χ2n) is 13.7. The molecule has 0 aliphatic heterocycles. The zero-order valence-electron chi connectivity index (χ0n) is 26.5. The van der Waals surface area contributed by atoms with Gasteiger partial charge in [0.2, 0.25) is 0 Å². The number of benzene rings is 6. The highest BCUT2D eigenvalue weighted by atomic mass is 15.0. The average Bonchev–Trinajstić information content (AvgIpc) is 3.46. The Morgan fingerprint density at radius 2 is 0.913 bits per heavy atom. The van der Waals surface area contributed by atoms with Gasteiger partial charge in [-0.2, -0.15) is 0 Å². The number of hydrogen-bond donors (Lipinski definition) is 0. The normalized spacial score (nSPS) is 14.9. The van der Waals surface area contributed by atoms with Crippen molar-refractivity contribution in [2.24, 2.45) is 0 Å². The molecule has 2 aliphatic carbocycles. The van der Waals surface area contributed by atoms with Crippen molar-refractivity contribution in [1.82, 2.24) is 15.0 Å². The van der Waals surface area contributed by atoms with Crippen LogP contribution in [0.4, 0.5) is 0 Å². The first kappa shape index (κ1) is 26.9. The van der Waals surface area contributed by atoms with E-state index in [4.69, 9.17) is 15.0 Å². The van der Waals surface area contributed by atoms with Crippen molar-refractivity contribution < 1.29 is 0 Å². The number of rotatable bonds is 3. The van der Waals surface area contributed by atoms with Crippen LogP contribution in [0.15, 0.2) is 127 Å². The van der Waals surface area contributed by atoms with Crippen LogP contribution in [-0.2, 0) is 10.8 Å². The number of aromatic nitrogens is 3. The molecule has 0 saturated carbocycles. The first-order chi connectivity index (χ1) is 22.3. The van der Waals surface area contributed by atoms with Gasteiger partial charge in [0.25, 0.3) is 0 Å². The van der Waals surface area contributed by atoms with E-state index >= 15 is 0 Å². The maximum absolute atomic E-state index is 5.02. The molecule has 0 fully saturated rings. The van der Waals surface area contributed by atoms with Gasteiger partial charge in [-0.05, 0) is 73.5 Å². The maximum atomic E-state index is 5.02. The van der Waals surface area contributed by atoms with Crippen LogP contribution in [-0.4, -0.2) is 15.0 Å². The van der Waals surface area contributed by atoms with Gasteiger partial charge >= 0.3 is 0 Å². The molecule has 0 spiro atoms. The summed E-state index contributed by atoms with van der Waals surface area (Å²) in [5.41, 5.74) is 13.6. The lowest BCUT2D eigenvalue weighted by molar-refractivity contribution is 0.652. The molecule has 220 valence electrons. The minimum absolute atomic E-state index is 0.0802. The predicted molar refractivity (Wildman–Crippen MR) is 189 cm³/mol. The molecule has 1 aromatic heterocycles. The minimum Gasteiger partial charge on any atom is -0.208 e. The molecule has 0 amide bonds. The van der Waals surface area contributed by atoms with Crippen molar-refractivity contribution >= 4 is 10.8 Å². The van der Waals surface area contributed by atoms with Crippen LogP contribution in [0, 0.1) is 0 Å². The average molecular weight is 592 g/mol. The molecular weight excluding hydrogens is 558 g/mol. The standard InChI is InChI=1S/C43H33N3/c1-42(2)34-22-20-26-13-11-12-18-30(26)38(34)33-25-36-32(24-37(33)42)31-21-19-29(23-35(31)43(36,3)4)41-45-39(27-14-7-5-8-15-27)44-40(46-41)28-16-9-6-10-17-28/h5-25H,1-4H3. The SMILES string of the molecule is CC1(C)c2cc(-c3nc(-c4ccccc4)nc(-c4ccccc4)n3)ccc2-c2cc3c(cc21)-c1c(ccc2ccccc12)C3(C)C. The van der Waals surface area contributed by atoms with Crippen LogP contribution < -0.4 is 0 Å². The highest BCUT2D eigenvalue weighted by molar-refractivity contribution is 6.03. The first-order valence-electron chi connectivity index (χ1n) is 16.0. The second kappa shape index (κ2) is 9.55. The Kier molecular flexibility index (Phi) is 5.59. The second-order valence-corrected chi connectivity index (χ2v) is 13.7. The molecule has 3 heteroatoms. The van der Waals surface area contributed by atoms with Crippen LogP contribution in [0.2, 0.25) is 0 Å². The Morgan fingerprint density at radius 1 is 0.391 bits per heavy atom. The molecule has 1 heterocycles. The van der Waals surface area contributed by atoms with E-state index in [1.807, 2.05) is 36.4 Å². The number of fused-ring (bicyclic) bond motifs is 8. The molecule has 6 aromatic carbocycles. The summed E-state index contributed by atoms with van der Waals surface area (Å²) in [5, 5.41) is 2.63. The molecule has 46 heavy (non-hydrogen) atoms. The molecule has 7 aromatic rings. The van der Waals surface area contributed by atoms with Crippen molar-refractivity contribution in [3.8, 4) is 56.4 Å².